The molecule has 6 nitrogen and oxygen atoms in total. The third-order valence-corrected chi connectivity index (χ3v) is 3.14. The van der Waals surface area contributed by atoms with E-state index < -0.39 is 18.1 Å². The van der Waals surface area contributed by atoms with Gasteiger partial charge in [0, 0.05) is 6.20 Å². The van der Waals surface area contributed by atoms with Gasteiger partial charge in [0.25, 0.3) is 5.89 Å². The zero-order valence-electron chi connectivity index (χ0n) is 12.5. The van der Waals surface area contributed by atoms with Gasteiger partial charge in [-0.25, -0.2) is 4.39 Å². The molecule has 0 unspecified atom stereocenters. The summed E-state index contributed by atoms with van der Waals surface area (Å²) in [5.74, 6) is -1.50. The Morgan fingerprint density at radius 1 is 1.20 bits per heavy atom. The molecule has 0 saturated carbocycles. The average molecular weight is 346 g/mol. The van der Waals surface area contributed by atoms with Gasteiger partial charge in [-0.15, -0.1) is 10.2 Å². The Hall–Kier alpha value is -3.41. The van der Waals surface area contributed by atoms with E-state index in [1.165, 1.54) is 18.3 Å². The van der Waals surface area contributed by atoms with Crippen LogP contribution in [0.25, 0.3) is 11.5 Å². The Kier molecular flexibility index (Phi) is 4.61. The van der Waals surface area contributed by atoms with E-state index in [0.717, 1.165) is 6.07 Å². The van der Waals surface area contributed by atoms with Crippen LogP contribution in [-0.2, 0) is 6.61 Å². The maximum atomic E-state index is 13.7. The van der Waals surface area contributed by atoms with Crippen molar-refractivity contribution < 1.29 is 22.3 Å². The number of nitriles is 1. The van der Waals surface area contributed by atoms with Gasteiger partial charge in [-0.05, 0) is 30.3 Å². The molecule has 0 aliphatic rings. The molecule has 25 heavy (non-hydrogen) atoms. The van der Waals surface area contributed by atoms with Crippen LogP contribution in [0, 0.1) is 17.1 Å². The van der Waals surface area contributed by atoms with Gasteiger partial charge in [-0.1, -0.05) is 0 Å². The molecule has 3 aromatic rings. The number of benzene rings is 1. The fraction of sp³-hybridized carbons (Fsp3) is 0.125. The van der Waals surface area contributed by atoms with Crippen molar-refractivity contribution in [2.75, 3.05) is 0 Å². The van der Waals surface area contributed by atoms with Crippen molar-refractivity contribution >= 4 is 0 Å². The van der Waals surface area contributed by atoms with Crippen LogP contribution in [0.5, 0.6) is 5.75 Å². The van der Waals surface area contributed by atoms with Gasteiger partial charge >= 0.3 is 6.43 Å². The second-order valence-corrected chi connectivity index (χ2v) is 4.83. The van der Waals surface area contributed by atoms with Crippen molar-refractivity contribution in [2.24, 2.45) is 0 Å². The van der Waals surface area contributed by atoms with Crippen LogP contribution in [0.2, 0.25) is 0 Å². The second kappa shape index (κ2) is 7.00. The number of pyridine rings is 1. The average Bonchev–Trinajstić information content (AvgIpc) is 3.11. The Morgan fingerprint density at radius 2 is 2.04 bits per heavy atom. The molecule has 9 heteroatoms. The van der Waals surface area contributed by atoms with E-state index in [9.17, 15) is 13.2 Å². The summed E-state index contributed by atoms with van der Waals surface area (Å²) in [7, 11) is 0. The molecule has 0 amide bonds. The van der Waals surface area contributed by atoms with Crippen LogP contribution in [0.1, 0.15) is 23.6 Å². The van der Waals surface area contributed by atoms with Crippen molar-refractivity contribution in [3.05, 3.63) is 59.5 Å². The number of nitrogens with zero attached hydrogens (tertiary/aromatic N) is 4. The first-order valence-electron chi connectivity index (χ1n) is 6.96. The van der Waals surface area contributed by atoms with Gasteiger partial charge < -0.3 is 9.15 Å². The summed E-state index contributed by atoms with van der Waals surface area (Å²) < 4.78 is 48.7. The molecule has 126 valence electrons. The molecule has 0 fully saturated rings. The monoisotopic (exact) mass is 346 g/mol. The van der Waals surface area contributed by atoms with E-state index in [-0.39, 0.29) is 23.8 Å². The van der Waals surface area contributed by atoms with Gasteiger partial charge in [0.05, 0.1) is 22.9 Å². The van der Waals surface area contributed by atoms with Crippen LogP contribution in [0.3, 0.4) is 0 Å². The topological polar surface area (TPSA) is 84.8 Å². The summed E-state index contributed by atoms with van der Waals surface area (Å²) in [6.07, 6.45) is -1.49. The highest BCUT2D eigenvalue weighted by Gasteiger charge is 2.17. The highest BCUT2D eigenvalue weighted by atomic mass is 19.3. The minimum Gasteiger partial charge on any atom is -0.484 e. The lowest BCUT2D eigenvalue weighted by molar-refractivity contribution is 0.116. The predicted molar refractivity (Wildman–Crippen MR) is 77.9 cm³/mol. The third kappa shape index (κ3) is 3.74. The molecule has 0 aliphatic carbocycles. The highest BCUT2D eigenvalue weighted by molar-refractivity contribution is 5.50. The van der Waals surface area contributed by atoms with E-state index in [1.807, 2.05) is 6.07 Å². The van der Waals surface area contributed by atoms with Crippen molar-refractivity contribution in [2.45, 2.75) is 13.0 Å². The van der Waals surface area contributed by atoms with Crippen molar-refractivity contribution in [3.63, 3.8) is 0 Å². The lowest BCUT2D eigenvalue weighted by Crippen LogP contribution is -2.00. The van der Waals surface area contributed by atoms with E-state index in [0.29, 0.717) is 11.3 Å². The smallest absolute Gasteiger partial charge is 0.314 e. The molecule has 0 N–H and O–H groups in total. The zero-order chi connectivity index (χ0) is 17.8. The van der Waals surface area contributed by atoms with Crippen molar-refractivity contribution in [1.82, 2.24) is 15.2 Å². The number of aromatic nitrogens is 3. The molecule has 1 aromatic carbocycles. The van der Waals surface area contributed by atoms with Crippen LogP contribution in [0.15, 0.2) is 40.9 Å². The maximum absolute atomic E-state index is 13.7. The van der Waals surface area contributed by atoms with Crippen molar-refractivity contribution in [3.8, 4) is 23.3 Å². The van der Waals surface area contributed by atoms with Crippen LogP contribution in [0.4, 0.5) is 13.2 Å². The summed E-state index contributed by atoms with van der Waals surface area (Å²) in [4.78, 5) is 4.07. The molecule has 2 heterocycles. The van der Waals surface area contributed by atoms with E-state index in [1.54, 1.807) is 12.1 Å². The molecule has 3 rings (SSSR count). The first-order chi connectivity index (χ1) is 12.1. The van der Waals surface area contributed by atoms with Gasteiger partial charge in [0.1, 0.15) is 6.61 Å². The first kappa shape index (κ1) is 16.4. The summed E-state index contributed by atoms with van der Waals surface area (Å²) in [6.45, 7) is -0.0186. The first-order valence-corrected chi connectivity index (χ1v) is 6.96. The number of rotatable bonds is 5. The quantitative estimate of drug-likeness (QED) is 0.701. The minimum atomic E-state index is -2.84. The Balaban J connectivity index is 1.67. The number of hydrogen-bond acceptors (Lipinski definition) is 6. The fourth-order valence-corrected chi connectivity index (χ4v) is 1.91. The van der Waals surface area contributed by atoms with Crippen LogP contribution < -0.4 is 4.74 Å². The largest absolute Gasteiger partial charge is 0.484 e. The van der Waals surface area contributed by atoms with E-state index in [4.69, 9.17) is 14.4 Å². The Labute approximate surface area is 139 Å². The Bertz CT molecular complexity index is 920. The molecule has 0 bridgehead atoms. The van der Waals surface area contributed by atoms with Gasteiger partial charge in [0.2, 0.25) is 5.89 Å². The van der Waals surface area contributed by atoms with Gasteiger partial charge in [-0.2, -0.15) is 14.0 Å². The zero-order valence-corrected chi connectivity index (χ0v) is 12.5. The lowest BCUT2D eigenvalue weighted by Gasteiger charge is -2.07. The molecule has 0 spiro atoms. The number of alkyl halides is 2. The number of hydrogen-bond donors (Lipinski definition) is 0. The van der Waals surface area contributed by atoms with E-state index in [2.05, 4.69) is 15.2 Å². The number of ether oxygens (including phenoxy) is 1. The summed E-state index contributed by atoms with van der Waals surface area (Å²) >= 11 is 0. The lowest BCUT2D eigenvalue weighted by atomic mass is 10.2. The summed E-state index contributed by atoms with van der Waals surface area (Å²) in [5.41, 5.74) is 1.03. The van der Waals surface area contributed by atoms with Crippen LogP contribution in [-0.4, -0.2) is 15.2 Å². The SMILES string of the molecule is N#Cc1ccc(OCc2ccc(-c3nnc(C(F)F)o3)cn2)c(F)c1. The number of halogens is 3. The second-order valence-electron chi connectivity index (χ2n) is 4.83. The normalized spacial score (nSPS) is 10.7. The molecule has 0 radical (unpaired) electrons. The predicted octanol–water partition coefficient (Wildman–Crippen LogP) is 3.66. The minimum absolute atomic E-state index is 0.0108. The fourth-order valence-electron chi connectivity index (χ4n) is 1.91. The van der Waals surface area contributed by atoms with Gasteiger partial charge in [0.15, 0.2) is 11.6 Å². The summed E-state index contributed by atoms with van der Waals surface area (Å²) in [5, 5.41) is 15.4. The molecular formula is C16H9F3N4O2. The molecule has 0 saturated heterocycles. The molecular weight excluding hydrogens is 337 g/mol. The third-order valence-electron chi connectivity index (χ3n) is 3.14. The molecule has 0 aliphatic heterocycles. The van der Waals surface area contributed by atoms with Crippen LogP contribution >= 0.6 is 0 Å². The highest BCUT2D eigenvalue weighted by Crippen LogP contribution is 2.23. The van der Waals surface area contributed by atoms with Gasteiger partial charge in [-0.3, -0.25) is 4.98 Å². The van der Waals surface area contributed by atoms with Crippen molar-refractivity contribution in [1.29, 1.82) is 5.26 Å². The standard InChI is InChI=1S/C16H9F3N4O2/c17-12-5-9(6-20)1-4-13(12)24-8-11-3-2-10(7-21-11)15-22-23-16(25-15)14(18)19/h1-5,7,14H,8H2. The molecule has 2 aromatic heterocycles. The summed E-state index contributed by atoms with van der Waals surface area (Å²) in [6, 6.07) is 8.79. The maximum Gasteiger partial charge on any atom is 0.314 e. The Morgan fingerprint density at radius 3 is 2.64 bits per heavy atom. The molecule has 0 atom stereocenters. The van der Waals surface area contributed by atoms with E-state index >= 15 is 0 Å².